The lowest BCUT2D eigenvalue weighted by Gasteiger charge is -2.18. The fourth-order valence-electron chi connectivity index (χ4n) is 3.08. The number of methoxy groups -OCH3 is 2. The van der Waals surface area contributed by atoms with Crippen molar-refractivity contribution in [3.05, 3.63) is 72.0 Å². The van der Waals surface area contributed by atoms with Gasteiger partial charge >= 0.3 is 0 Å². The number of hydrogen-bond donors (Lipinski definition) is 1. The van der Waals surface area contributed by atoms with Crippen molar-refractivity contribution in [1.29, 1.82) is 0 Å². The van der Waals surface area contributed by atoms with Gasteiger partial charge in [0.05, 0.1) is 20.3 Å². The Labute approximate surface area is 165 Å². The molecule has 0 bridgehead atoms. The molecule has 3 rings (SSSR count). The third kappa shape index (κ3) is 4.74. The smallest absolute Gasteiger partial charge is 0.220 e. The molecule has 0 saturated carbocycles. The Morgan fingerprint density at radius 3 is 2.54 bits per heavy atom. The van der Waals surface area contributed by atoms with Crippen LogP contribution in [0.1, 0.15) is 30.7 Å². The molecule has 0 spiro atoms. The van der Waals surface area contributed by atoms with Gasteiger partial charge in [0, 0.05) is 24.0 Å². The molecule has 3 aromatic rings. The highest BCUT2D eigenvalue weighted by molar-refractivity contribution is 5.76. The van der Waals surface area contributed by atoms with Gasteiger partial charge in [0.1, 0.15) is 23.0 Å². The van der Waals surface area contributed by atoms with Gasteiger partial charge in [0.25, 0.3) is 0 Å². The molecule has 0 fully saturated rings. The lowest BCUT2D eigenvalue weighted by Crippen LogP contribution is -2.27. The van der Waals surface area contributed by atoms with Crippen LogP contribution in [0, 0.1) is 0 Å². The summed E-state index contributed by atoms with van der Waals surface area (Å²) >= 11 is 0. The molecule has 0 unspecified atom stereocenters. The van der Waals surface area contributed by atoms with Gasteiger partial charge < -0.3 is 19.2 Å². The quantitative estimate of drug-likeness (QED) is 0.612. The normalized spacial score (nSPS) is 11.7. The third-order valence-corrected chi connectivity index (χ3v) is 4.60. The SMILES string of the molecule is COc1ccc(OC)c([C@H](C)NC(=O)CCc2ccc(-c3ccccc3)o2)c1. The van der Waals surface area contributed by atoms with Crippen LogP contribution in [0.4, 0.5) is 0 Å². The van der Waals surface area contributed by atoms with Crippen LogP contribution in [0.3, 0.4) is 0 Å². The number of hydrogen-bond acceptors (Lipinski definition) is 4. The Balaban J connectivity index is 1.58. The van der Waals surface area contributed by atoms with E-state index in [0.717, 1.165) is 28.4 Å². The van der Waals surface area contributed by atoms with Gasteiger partial charge in [-0.15, -0.1) is 0 Å². The molecule has 5 nitrogen and oxygen atoms in total. The second kappa shape index (κ2) is 9.13. The number of carbonyl (C=O) groups is 1. The van der Waals surface area contributed by atoms with E-state index in [2.05, 4.69) is 5.32 Å². The summed E-state index contributed by atoms with van der Waals surface area (Å²) in [6.07, 6.45) is 0.888. The van der Waals surface area contributed by atoms with Gasteiger partial charge in [-0.25, -0.2) is 0 Å². The van der Waals surface area contributed by atoms with Crippen LogP contribution in [-0.4, -0.2) is 20.1 Å². The van der Waals surface area contributed by atoms with E-state index < -0.39 is 0 Å². The Kier molecular flexibility index (Phi) is 6.37. The lowest BCUT2D eigenvalue weighted by atomic mass is 10.1. The van der Waals surface area contributed by atoms with Crippen LogP contribution in [0.25, 0.3) is 11.3 Å². The Morgan fingerprint density at radius 2 is 1.82 bits per heavy atom. The predicted molar refractivity (Wildman–Crippen MR) is 109 cm³/mol. The molecule has 28 heavy (non-hydrogen) atoms. The highest BCUT2D eigenvalue weighted by Crippen LogP contribution is 2.29. The minimum absolute atomic E-state index is 0.0463. The molecule has 146 valence electrons. The summed E-state index contributed by atoms with van der Waals surface area (Å²) in [7, 11) is 3.23. The highest BCUT2D eigenvalue weighted by atomic mass is 16.5. The largest absolute Gasteiger partial charge is 0.497 e. The molecule has 1 heterocycles. The first-order valence-corrected chi connectivity index (χ1v) is 9.26. The van der Waals surface area contributed by atoms with Crippen molar-refractivity contribution in [2.24, 2.45) is 0 Å². The van der Waals surface area contributed by atoms with Crippen LogP contribution in [0.15, 0.2) is 65.1 Å². The Hall–Kier alpha value is -3.21. The van der Waals surface area contributed by atoms with Gasteiger partial charge in [0.2, 0.25) is 5.91 Å². The second-order valence-electron chi connectivity index (χ2n) is 6.53. The Morgan fingerprint density at radius 1 is 1.04 bits per heavy atom. The minimum Gasteiger partial charge on any atom is -0.497 e. The average molecular weight is 379 g/mol. The number of nitrogens with one attached hydrogen (secondary N) is 1. The molecule has 1 amide bonds. The first-order chi connectivity index (χ1) is 13.6. The van der Waals surface area contributed by atoms with Crippen molar-refractivity contribution < 1.29 is 18.7 Å². The van der Waals surface area contributed by atoms with Gasteiger partial charge in [-0.3, -0.25) is 4.79 Å². The Bertz CT molecular complexity index is 917. The molecular formula is C23H25NO4. The van der Waals surface area contributed by atoms with E-state index in [1.165, 1.54) is 0 Å². The number of aryl methyl sites for hydroxylation is 1. The summed E-state index contributed by atoms with van der Waals surface area (Å²) in [6.45, 7) is 1.93. The number of amides is 1. The van der Waals surface area contributed by atoms with Crippen molar-refractivity contribution in [2.75, 3.05) is 14.2 Å². The summed E-state index contributed by atoms with van der Waals surface area (Å²) in [5, 5.41) is 3.01. The van der Waals surface area contributed by atoms with Gasteiger partial charge in [-0.1, -0.05) is 30.3 Å². The van der Waals surface area contributed by atoms with E-state index in [1.807, 2.05) is 67.6 Å². The summed E-state index contributed by atoms with van der Waals surface area (Å²) in [5.41, 5.74) is 1.90. The van der Waals surface area contributed by atoms with E-state index in [0.29, 0.717) is 18.6 Å². The fourth-order valence-corrected chi connectivity index (χ4v) is 3.08. The zero-order valence-electron chi connectivity index (χ0n) is 16.4. The molecule has 0 aliphatic rings. The number of ether oxygens (including phenoxy) is 2. The van der Waals surface area contributed by atoms with Crippen molar-refractivity contribution in [2.45, 2.75) is 25.8 Å². The molecule has 1 N–H and O–H groups in total. The maximum atomic E-state index is 12.4. The first-order valence-electron chi connectivity index (χ1n) is 9.26. The molecular weight excluding hydrogens is 354 g/mol. The summed E-state index contributed by atoms with van der Waals surface area (Å²) in [6, 6.07) is 19.1. The third-order valence-electron chi connectivity index (χ3n) is 4.60. The zero-order chi connectivity index (χ0) is 19.9. The van der Waals surface area contributed by atoms with Crippen LogP contribution < -0.4 is 14.8 Å². The van der Waals surface area contributed by atoms with Crippen LogP contribution in [0.2, 0.25) is 0 Å². The number of carbonyl (C=O) groups excluding carboxylic acids is 1. The molecule has 1 aromatic heterocycles. The highest BCUT2D eigenvalue weighted by Gasteiger charge is 2.16. The zero-order valence-corrected chi connectivity index (χ0v) is 16.4. The van der Waals surface area contributed by atoms with E-state index in [4.69, 9.17) is 13.9 Å². The standard InChI is InChI=1S/C23H25NO4/c1-16(20-15-19(26-2)10-13-22(20)27-3)24-23(25)14-11-18-9-12-21(28-18)17-7-5-4-6-8-17/h4-10,12-13,15-16H,11,14H2,1-3H3,(H,24,25)/t16-/m0/s1. The lowest BCUT2D eigenvalue weighted by molar-refractivity contribution is -0.121. The van der Waals surface area contributed by atoms with Gasteiger partial charge in [-0.05, 0) is 37.3 Å². The van der Waals surface area contributed by atoms with Crippen molar-refractivity contribution in [1.82, 2.24) is 5.32 Å². The number of rotatable bonds is 8. The van der Waals surface area contributed by atoms with Crippen molar-refractivity contribution >= 4 is 5.91 Å². The maximum absolute atomic E-state index is 12.4. The first kappa shape index (κ1) is 19.5. The topological polar surface area (TPSA) is 60.7 Å². The van der Waals surface area contributed by atoms with Gasteiger partial charge in [-0.2, -0.15) is 0 Å². The van der Waals surface area contributed by atoms with Crippen LogP contribution in [-0.2, 0) is 11.2 Å². The number of benzene rings is 2. The van der Waals surface area contributed by atoms with E-state index >= 15 is 0 Å². The van der Waals surface area contributed by atoms with Crippen LogP contribution in [0.5, 0.6) is 11.5 Å². The fraction of sp³-hybridized carbons (Fsp3) is 0.261. The maximum Gasteiger partial charge on any atom is 0.220 e. The van der Waals surface area contributed by atoms with Crippen molar-refractivity contribution in [3.63, 3.8) is 0 Å². The predicted octanol–water partition coefficient (Wildman–Crippen LogP) is 4.77. The molecule has 0 aliphatic carbocycles. The van der Waals surface area contributed by atoms with Crippen LogP contribution >= 0.6 is 0 Å². The molecule has 1 atom stereocenters. The number of furan rings is 1. The summed E-state index contributed by atoms with van der Waals surface area (Å²) in [5.74, 6) is 2.99. The minimum atomic E-state index is -0.200. The van der Waals surface area contributed by atoms with E-state index in [9.17, 15) is 4.79 Å². The van der Waals surface area contributed by atoms with E-state index in [-0.39, 0.29) is 11.9 Å². The monoisotopic (exact) mass is 379 g/mol. The van der Waals surface area contributed by atoms with Gasteiger partial charge in [0.15, 0.2) is 0 Å². The molecule has 0 radical (unpaired) electrons. The molecule has 0 aliphatic heterocycles. The molecule has 5 heteroatoms. The molecule has 0 saturated heterocycles. The summed E-state index contributed by atoms with van der Waals surface area (Å²) < 4.78 is 16.5. The van der Waals surface area contributed by atoms with Crippen molar-refractivity contribution in [3.8, 4) is 22.8 Å². The molecule has 2 aromatic carbocycles. The average Bonchev–Trinajstić information content (AvgIpc) is 3.21. The second-order valence-corrected chi connectivity index (χ2v) is 6.53. The van der Waals surface area contributed by atoms with E-state index in [1.54, 1.807) is 14.2 Å². The summed E-state index contributed by atoms with van der Waals surface area (Å²) in [4.78, 5) is 12.4.